The maximum absolute atomic E-state index is 6.48. The predicted molar refractivity (Wildman–Crippen MR) is 238 cm³/mol. The number of para-hydroxylation sites is 1. The van der Waals surface area contributed by atoms with Gasteiger partial charge in [-0.3, -0.25) is 0 Å². The van der Waals surface area contributed by atoms with Crippen LogP contribution in [0.5, 0.6) is 0 Å². The summed E-state index contributed by atoms with van der Waals surface area (Å²) in [4.78, 5) is 0. The summed E-state index contributed by atoms with van der Waals surface area (Å²) in [5, 5.41) is 12.4. The second kappa shape index (κ2) is 11.5. The standard InChI is InChI=1S/C55H36O/c1-55(2)49-29-27-36(30-47(49)48-31-37-26-28-45-39-15-9-10-21-51(39)56-54(45)46(37)32-50(48)55)33-22-24-35(25-23-33)52-41-16-5-7-18-43(41)53(44-19-8-6-17-42(44)52)40-20-11-13-34-12-3-4-14-38(34)40/h3-32H,1-2H3. The molecule has 0 bridgehead atoms. The predicted octanol–water partition coefficient (Wildman–Crippen LogP) is 15.5. The molecular weight excluding hydrogens is 677 g/mol. The van der Waals surface area contributed by atoms with Crippen LogP contribution in [0.3, 0.4) is 0 Å². The average Bonchev–Trinajstić information content (AvgIpc) is 3.73. The largest absolute Gasteiger partial charge is 0.455 e. The molecule has 1 aliphatic rings. The molecule has 0 saturated carbocycles. The first kappa shape index (κ1) is 31.4. The van der Waals surface area contributed by atoms with E-state index in [2.05, 4.69) is 190 Å². The minimum absolute atomic E-state index is 0.129. The quantitative estimate of drug-likeness (QED) is 0.166. The monoisotopic (exact) mass is 712 g/mol. The summed E-state index contributed by atoms with van der Waals surface area (Å²) in [5.74, 6) is 0. The van der Waals surface area contributed by atoms with E-state index in [0.29, 0.717) is 0 Å². The fourth-order valence-electron chi connectivity index (χ4n) is 9.93. The van der Waals surface area contributed by atoms with Crippen LogP contribution in [-0.2, 0) is 5.41 Å². The molecule has 1 nitrogen and oxygen atoms in total. The third-order valence-electron chi connectivity index (χ3n) is 12.7. The second-order valence-corrected chi connectivity index (χ2v) is 16.0. The van der Waals surface area contributed by atoms with Gasteiger partial charge in [-0.1, -0.05) is 166 Å². The molecule has 1 heterocycles. The maximum Gasteiger partial charge on any atom is 0.143 e. The van der Waals surface area contributed by atoms with Gasteiger partial charge in [0.25, 0.3) is 0 Å². The van der Waals surface area contributed by atoms with E-state index < -0.39 is 0 Å². The van der Waals surface area contributed by atoms with E-state index >= 15 is 0 Å². The molecule has 0 spiro atoms. The Morgan fingerprint density at radius 2 is 0.929 bits per heavy atom. The van der Waals surface area contributed by atoms with Crippen LogP contribution in [-0.4, -0.2) is 0 Å². The van der Waals surface area contributed by atoms with Gasteiger partial charge in [-0.2, -0.15) is 0 Å². The number of furan rings is 1. The molecule has 1 aromatic heterocycles. The Hall–Kier alpha value is -6.96. The summed E-state index contributed by atoms with van der Waals surface area (Å²) in [6.45, 7) is 4.72. The molecule has 0 N–H and O–H groups in total. The molecule has 56 heavy (non-hydrogen) atoms. The number of hydrogen-bond acceptors (Lipinski definition) is 1. The molecule has 11 aromatic rings. The molecule has 0 aliphatic heterocycles. The van der Waals surface area contributed by atoms with E-state index in [4.69, 9.17) is 4.42 Å². The summed E-state index contributed by atoms with van der Waals surface area (Å²) in [6.07, 6.45) is 0. The van der Waals surface area contributed by atoms with Gasteiger partial charge in [-0.15, -0.1) is 0 Å². The highest BCUT2D eigenvalue weighted by atomic mass is 16.3. The van der Waals surface area contributed by atoms with Gasteiger partial charge in [0.1, 0.15) is 11.2 Å². The topological polar surface area (TPSA) is 13.1 Å². The van der Waals surface area contributed by atoms with E-state index in [-0.39, 0.29) is 5.41 Å². The fourth-order valence-corrected chi connectivity index (χ4v) is 9.93. The van der Waals surface area contributed by atoms with Crippen molar-refractivity contribution in [1.82, 2.24) is 0 Å². The first-order valence-electron chi connectivity index (χ1n) is 19.6. The van der Waals surface area contributed by atoms with Gasteiger partial charge < -0.3 is 4.42 Å². The summed E-state index contributed by atoms with van der Waals surface area (Å²) in [7, 11) is 0. The molecule has 0 radical (unpaired) electrons. The summed E-state index contributed by atoms with van der Waals surface area (Å²) in [5.41, 5.74) is 14.7. The van der Waals surface area contributed by atoms with Crippen molar-refractivity contribution in [2.75, 3.05) is 0 Å². The van der Waals surface area contributed by atoms with E-state index in [1.54, 1.807) is 0 Å². The van der Waals surface area contributed by atoms with Gasteiger partial charge in [0, 0.05) is 21.6 Å². The Labute approximate surface area is 325 Å². The number of fused-ring (bicyclic) bond motifs is 11. The Morgan fingerprint density at radius 3 is 1.68 bits per heavy atom. The zero-order valence-corrected chi connectivity index (χ0v) is 31.2. The van der Waals surface area contributed by atoms with Crippen molar-refractivity contribution in [3.05, 3.63) is 193 Å². The lowest BCUT2D eigenvalue weighted by Gasteiger charge is -2.22. The number of hydrogen-bond donors (Lipinski definition) is 0. The van der Waals surface area contributed by atoms with Crippen LogP contribution in [0.4, 0.5) is 0 Å². The molecule has 0 atom stereocenters. The molecule has 262 valence electrons. The molecule has 0 fully saturated rings. The van der Waals surface area contributed by atoms with Crippen molar-refractivity contribution in [3.63, 3.8) is 0 Å². The van der Waals surface area contributed by atoms with Crippen molar-refractivity contribution in [2.24, 2.45) is 0 Å². The van der Waals surface area contributed by atoms with Crippen molar-refractivity contribution in [2.45, 2.75) is 19.3 Å². The van der Waals surface area contributed by atoms with Crippen molar-refractivity contribution < 1.29 is 4.42 Å². The number of rotatable bonds is 3. The van der Waals surface area contributed by atoms with E-state index in [1.165, 1.54) is 109 Å². The Balaban J connectivity index is 0.986. The zero-order chi connectivity index (χ0) is 37.1. The van der Waals surface area contributed by atoms with Crippen LogP contribution in [0, 0.1) is 0 Å². The van der Waals surface area contributed by atoms with Crippen LogP contribution in [0.15, 0.2) is 186 Å². The van der Waals surface area contributed by atoms with E-state index in [0.717, 1.165) is 11.2 Å². The van der Waals surface area contributed by atoms with Gasteiger partial charge in [-0.25, -0.2) is 0 Å². The Bertz CT molecular complexity index is 3370. The molecule has 1 heteroatoms. The van der Waals surface area contributed by atoms with Crippen molar-refractivity contribution in [3.8, 4) is 44.5 Å². The fraction of sp³-hybridized carbons (Fsp3) is 0.0545. The SMILES string of the molecule is CC1(C)c2ccc(-c3ccc(-c4c5ccccc5c(-c5cccc6ccccc56)c5ccccc45)cc3)cc2-c2cc3ccc4c5ccccc5oc4c3cc21. The van der Waals surface area contributed by atoms with Crippen LogP contribution < -0.4 is 0 Å². The van der Waals surface area contributed by atoms with Crippen LogP contribution in [0.2, 0.25) is 0 Å². The molecule has 1 aliphatic carbocycles. The second-order valence-electron chi connectivity index (χ2n) is 16.0. The lowest BCUT2D eigenvalue weighted by molar-refractivity contribution is 0.660. The van der Waals surface area contributed by atoms with E-state index in [9.17, 15) is 0 Å². The lowest BCUT2D eigenvalue weighted by atomic mass is 9.81. The smallest absolute Gasteiger partial charge is 0.143 e. The van der Waals surface area contributed by atoms with Crippen LogP contribution in [0.1, 0.15) is 25.0 Å². The first-order chi connectivity index (χ1) is 27.5. The Morgan fingerprint density at radius 1 is 0.339 bits per heavy atom. The molecule has 0 amide bonds. The third kappa shape index (κ3) is 4.37. The molecule has 0 unspecified atom stereocenters. The van der Waals surface area contributed by atoms with Gasteiger partial charge in [0.05, 0.1) is 0 Å². The minimum atomic E-state index is -0.129. The van der Waals surface area contributed by atoms with E-state index in [1.807, 2.05) is 6.07 Å². The molecule has 0 saturated heterocycles. The van der Waals surface area contributed by atoms with Gasteiger partial charge in [0.15, 0.2) is 0 Å². The highest BCUT2D eigenvalue weighted by Gasteiger charge is 2.36. The van der Waals surface area contributed by atoms with Crippen LogP contribution >= 0.6 is 0 Å². The summed E-state index contributed by atoms with van der Waals surface area (Å²) in [6, 6.07) is 67.2. The van der Waals surface area contributed by atoms with Gasteiger partial charge >= 0.3 is 0 Å². The lowest BCUT2D eigenvalue weighted by Crippen LogP contribution is -2.14. The number of benzene rings is 10. The Kier molecular flexibility index (Phi) is 6.46. The highest BCUT2D eigenvalue weighted by molar-refractivity contribution is 6.23. The van der Waals surface area contributed by atoms with Crippen molar-refractivity contribution in [1.29, 1.82) is 0 Å². The zero-order valence-electron chi connectivity index (χ0n) is 31.2. The van der Waals surface area contributed by atoms with Gasteiger partial charge in [-0.05, 0) is 124 Å². The molecule has 10 aromatic carbocycles. The summed E-state index contributed by atoms with van der Waals surface area (Å²) < 4.78 is 6.48. The maximum atomic E-state index is 6.48. The average molecular weight is 713 g/mol. The first-order valence-corrected chi connectivity index (χ1v) is 19.6. The normalized spacial score (nSPS) is 13.3. The third-order valence-corrected chi connectivity index (χ3v) is 12.7. The molecular formula is C55H36O. The summed E-state index contributed by atoms with van der Waals surface area (Å²) >= 11 is 0. The van der Waals surface area contributed by atoms with Gasteiger partial charge in [0.2, 0.25) is 0 Å². The van der Waals surface area contributed by atoms with Crippen LogP contribution in [0.25, 0.3) is 110 Å². The van der Waals surface area contributed by atoms with Crippen molar-refractivity contribution >= 4 is 65.0 Å². The highest BCUT2D eigenvalue weighted by Crippen LogP contribution is 2.52. The minimum Gasteiger partial charge on any atom is -0.455 e. The molecule has 12 rings (SSSR count).